The number of nitriles is 4. The predicted octanol–water partition coefficient (Wildman–Crippen LogP) is 21.7. The molecule has 0 amide bonds. The second kappa shape index (κ2) is 22.9. The SMILES string of the molecule is Cc1ccc(C2(c3ccc(C)cc3)c3cc4c(cc3-c3cc5cc(-c6nc7sc(C=C8C(=O)c9ccccc9C8=C(C#N)C#N)nc7s6)sc5cc32)C(c2ccc(C)cc2)(c2ccc(C)cc2)c2cc3sc(-c5nc6sc(C=C7C(=O)c8ccccc8C7=C(C#N)C#N)nc6s5)cc3cc2-4)cc1. The van der Waals surface area contributed by atoms with Gasteiger partial charge >= 0.3 is 0 Å². The molecule has 4 aliphatic carbocycles. The zero-order chi connectivity index (χ0) is 69.2. The summed E-state index contributed by atoms with van der Waals surface area (Å²) in [6, 6.07) is 78.1. The fraction of sp³-hybridized carbons (Fsp3) is 0.0698. The number of benzene rings is 9. The van der Waals surface area contributed by atoms with Crippen molar-refractivity contribution in [2.75, 3.05) is 0 Å². The Kier molecular flexibility index (Phi) is 13.7. The van der Waals surface area contributed by atoms with Crippen LogP contribution in [0.3, 0.4) is 0 Å². The molecular weight excluding hydrogens is 1370 g/mol. The smallest absolute Gasteiger partial charge is 0.194 e. The summed E-state index contributed by atoms with van der Waals surface area (Å²) in [7, 11) is 0. The van der Waals surface area contributed by atoms with E-state index in [1.807, 2.05) is 24.3 Å². The highest BCUT2D eigenvalue weighted by atomic mass is 32.1. The maximum absolute atomic E-state index is 13.9. The van der Waals surface area contributed by atoms with Gasteiger partial charge < -0.3 is 0 Å². The summed E-state index contributed by atoms with van der Waals surface area (Å²) in [5.74, 6) is -0.495. The lowest BCUT2D eigenvalue weighted by molar-refractivity contribution is 0.103. The number of nitrogens with zero attached hydrogens (tertiary/aromatic N) is 8. The molecule has 6 aromatic heterocycles. The number of aryl methyl sites for hydroxylation is 4. The van der Waals surface area contributed by atoms with Crippen LogP contribution < -0.4 is 0 Å². The molecule has 16 heteroatoms. The lowest BCUT2D eigenvalue weighted by Crippen LogP contribution is -2.30. The number of carbonyl (C=O) groups excluding carboxylic acids is 2. The highest BCUT2D eigenvalue weighted by Gasteiger charge is 2.52. The Morgan fingerprint density at radius 3 is 1.00 bits per heavy atom. The summed E-state index contributed by atoms with van der Waals surface area (Å²) in [5, 5.41) is 45.0. The summed E-state index contributed by atoms with van der Waals surface area (Å²) >= 11 is 9.23. The van der Waals surface area contributed by atoms with Gasteiger partial charge in [0.25, 0.3) is 0 Å². The first-order valence-electron chi connectivity index (χ1n) is 32.8. The van der Waals surface area contributed by atoms with Crippen LogP contribution in [0.2, 0.25) is 0 Å². The third-order valence-electron chi connectivity index (χ3n) is 20.4. The molecular formula is C86H46N8O2S6. The minimum atomic E-state index is -0.774. The van der Waals surface area contributed by atoms with Crippen LogP contribution in [0, 0.1) is 73.0 Å². The Balaban J connectivity index is 0.781. The molecule has 10 nitrogen and oxygen atoms in total. The topological polar surface area (TPSA) is 181 Å². The van der Waals surface area contributed by atoms with E-state index in [-0.39, 0.29) is 33.9 Å². The van der Waals surface area contributed by atoms with Gasteiger partial charge in [-0.3, -0.25) is 9.59 Å². The summed E-state index contributed by atoms with van der Waals surface area (Å²) in [5.41, 5.74) is 20.3. The third-order valence-corrected chi connectivity index (χ3v) is 26.9. The minimum Gasteiger partial charge on any atom is -0.289 e. The highest BCUT2D eigenvalue weighted by molar-refractivity contribution is 7.32. The standard InChI is InChI=1S/C86H46N8O2S6/c1-43-13-21-51(22-14-43)85(52-23-15-44(2)16-24-52)65-33-62-60-30-48-32-72(80-94-84-82(102-80)92-74(100-84)36-64-76(50(41-89)42-90)56-10-6-8-12-58(56)78(64)96)98-70(48)38-68(60)86(53-25-17-45(3)18-26-53,54-27-19-46(4)20-28-54)66(62)34-61(65)59-29-47-31-71(97-69(47)37-67(59)85)79-93-83-81(101-79)91-73(99-83)35-63-75(49(39-87)40-88)55-9-5-7-11-57(55)77(63)95/h5-38H,1-4H3. The Morgan fingerprint density at radius 2 is 0.667 bits per heavy atom. The monoisotopic (exact) mass is 1410 g/mol. The van der Waals surface area contributed by atoms with Gasteiger partial charge in [0, 0.05) is 42.8 Å². The number of hydrogen-bond acceptors (Lipinski definition) is 16. The number of thiophene rings is 2. The van der Waals surface area contributed by atoms with Crippen molar-refractivity contribution in [2.24, 2.45) is 0 Å². The van der Waals surface area contributed by atoms with Crippen molar-refractivity contribution in [3.8, 4) is 66.3 Å². The van der Waals surface area contributed by atoms with E-state index in [9.17, 15) is 30.6 Å². The molecule has 15 aromatic rings. The van der Waals surface area contributed by atoms with Crippen LogP contribution in [0.25, 0.3) is 105 Å². The molecule has 0 saturated heterocycles. The van der Waals surface area contributed by atoms with Crippen LogP contribution in [0.4, 0.5) is 0 Å². The number of Topliss-reactive ketones (excluding diaryl/α,β-unsaturated/α-hetero) is 2. The van der Waals surface area contributed by atoms with Crippen LogP contribution in [-0.2, 0) is 10.8 Å². The van der Waals surface area contributed by atoms with E-state index in [1.54, 1.807) is 83.4 Å². The second-order valence-corrected chi connectivity index (χ2v) is 32.3. The van der Waals surface area contributed by atoms with Crippen LogP contribution in [-0.4, -0.2) is 31.5 Å². The molecule has 19 rings (SSSR count). The predicted molar refractivity (Wildman–Crippen MR) is 413 cm³/mol. The van der Waals surface area contributed by atoms with Gasteiger partial charge in [0.1, 0.15) is 55.5 Å². The average Bonchev–Trinajstić information content (AvgIpc) is 1.50. The first kappa shape index (κ1) is 61.3. The van der Waals surface area contributed by atoms with Crippen LogP contribution in [0.15, 0.2) is 216 Å². The van der Waals surface area contributed by atoms with Gasteiger partial charge in [0.2, 0.25) is 0 Å². The fourth-order valence-electron chi connectivity index (χ4n) is 15.8. The normalized spacial score (nSPS) is 15.0. The van der Waals surface area contributed by atoms with Gasteiger partial charge in [0.05, 0.1) is 20.6 Å². The molecule has 0 aliphatic heterocycles. The lowest BCUT2D eigenvalue weighted by atomic mass is 9.65. The van der Waals surface area contributed by atoms with Gasteiger partial charge in [0.15, 0.2) is 30.9 Å². The quantitative estimate of drug-likeness (QED) is 0.105. The summed E-state index contributed by atoms with van der Waals surface area (Å²) in [4.78, 5) is 53.1. The molecule has 4 aliphatic rings. The maximum Gasteiger partial charge on any atom is 0.194 e. The molecule has 0 spiro atoms. The summed E-state index contributed by atoms with van der Waals surface area (Å²) in [6.45, 7) is 8.60. The molecule has 0 bridgehead atoms. The van der Waals surface area contributed by atoms with E-state index in [0.717, 1.165) is 70.4 Å². The number of aromatic nitrogens is 4. The molecule has 0 unspecified atom stereocenters. The van der Waals surface area contributed by atoms with E-state index in [2.05, 4.69) is 173 Å². The van der Waals surface area contributed by atoms with Gasteiger partial charge in [-0.05, 0) is 177 Å². The zero-order valence-electron chi connectivity index (χ0n) is 54.5. The van der Waals surface area contributed by atoms with E-state index in [4.69, 9.17) is 19.9 Å². The number of carbonyl (C=O) groups is 2. The van der Waals surface area contributed by atoms with Gasteiger partial charge in [-0.25, -0.2) is 19.9 Å². The maximum atomic E-state index is 13.9. The number of thiazole rings is 4. The first-order valence-corrected chi connectivity index (χ1v) is 37.7. The largest absolute Gasteiger partial charge is 0.289 e. The van der Waals surface area contributed by atoms with Crippen molar-refractivity contribution < 1.29 is 9.59 Å². The van der Waals surface area contributed by atoms with Crippen molar-refractivity contribution in [1.82, 2.24) is 19.9 Å². The minimum absolute atomic E-state index is 0.117. The van der Waals surface area contributed by atoms with Crippen LogP contribution >= 0.6 is 68.0 Å². The van der Waals surface area contributed by atoms with Crippen molar-refractivity contribution >= 4 is 142 Å². The first-order chi connectivity index (χ1) is 49.7. The van der Waals surface area contributed by atoms with E-state index in [1.165, 1.54) is 123 Å². The van der Waals surface area contributed by atoms with Gasteiger partial charge in [-0.1, -0.05) is 213 Å². The zero-order valence-corrected chi connectivity index (χ0v) is 59.4. The average molecular weight is 1420 g/mol. The van der Waals surface area contributed by atoms with Gasteiger partial charge in [-0.2, -0.15) is 21.0 Å². The number of allylic oxidation sites excluding steroid dienone is 6. The fourth-order valence-corrected chi connectivity index (χ4v) is 22.0. The van der Waals surface area contributed by atoms with Crippen molar-refractivity contribution in [3.63, 3.8) is 0 Å². The third kappa shape index (κ3) is 8.92. The molecule has 0 saturated carbocycles. The molecule has 0 fully saturated rings. The van der Waals surface area contributed by atoms with Crippen LogP contribution in [0.5, 0.6) is 0 Å². The van der Waals surface area contributed by atoms with Crippen molar-refractivity contribution in [2.45, 2.75) is 38.5 Å². The molecule has 6 heterocycles. The Bertz CT molecular complexity index is 6040. The Hall–Kier alpha value is -11.8. The summed E-state index contributed by atoms with van der Waals surface area (Å²) < 4.78 is 2.25. The second-order valence-electron chi connectivity index (χ2n) is 26.2. The number of hydrogen-bond donors (Lipinski definition) is 0. The summed E-state index contributed by atoms with van der Waals surface area (Å²) in [6.07, 6.45) is 3.39. The Labute approximate surface area is 608 Å². The molecule has 0 radical (unpaired) electrons. The molecule has 102 heavy (non-hydrogen) atoms. The van der Waals surface area contributed by atoms with Gasteiger partial charge in [-0.15, -0.1) is 22.7 Å². The van der Waals surface area contributed by atoms with Crippen molar-refractivity contribution in [3.05, 3.63) is 315 Å². The Morgan fingerprint density at radius 1 is 0.353 bits per heavy atom. The van der Waals surface area contributed by atoms with E-state index >= 15 is 0 Å². The molecule has 0 atom stereocenters. The number of ketones is 2. The molecule has 478 valence electrons. The lowest BCUT2D eigenvalue weighted by Gasteiger charge is -2.36. The van der Waals surface area contributed by atoms with E-state index < -0.39 is 10.8 Å². The number of fused-ring (bicyclic) bond motifs is 12. The van der Waals surface area contributed by atoms with Crippen molar-refractivity contribution in [1.29, 1.82) is 21.0 Å². The van der Waals surface area contributed by atoms with E-state index in [0.29, 0.717) is 43.4 Å². The number of rotatable bonds is 8. The molecule has 0 N–H and O–H groups in total. The highest BCUT2D eigenvalue weighted by Crippen LogP contribution is 2.64. The molecule has 9 aromatic carbocycles. The van der Waals surface area contributed by atoms with Crippen LogP contribution in [0.1, 0.15) is 109 Å².